The molecule has 2 rings (SSSR count). The summed E-state index contributed by atoms with van der Waals surface area (Å²) >= 11 is 0. The molecule has 1 aliphatic heterocycles. The maximum Gasteiger partial charge on any atom is 0.0236 e. The molecular formula is C15H24N2. The van der Waals surface area contributed by atoms with Gasteiger partial charge in [-0.1, -0.05) is 38.1 Å². The summed E-state index contributed by atoms with van der Waals surface area (Å²) in [5, 5.41) is 0. The third-order valence-electron chi connectivity index (χ3n) is 3.68. The fraction of sp³-hybridized carbons (Fsp3) is 0.600. The van der Waals surface area contributed by atoms with Crippen LogP contribution in [0.3, 0.4) is 0 Å². The Morgan fingerprint density at radius 3 is 2.65 bits per heavy atom. The van der Waals surface area contributed by atoms with E-state index >= 15 is 0 Å². The molecule has 2 nitrogen and oxygen atoms in total. The van der Waals surface area contributed by atoms with Gasteiger partial charge >= 0.3 is 0 Å². The van der Waals surface area contributed by atoms with E-state index in [1.165, 1.54) is 24.1 Å². The van der Waals surface area contributed by atoms with Crippen molar-refractivity contribution in [1.82, 2.24) is 4.90 Å². The second-order valence-corrected chi connectivity index (χ2v) is 5.93. The molecule has 0 saturated heterocycles. The average Bonchev–Trinajstić information content (AvgIpc) is 2.28. The van der Waals surface area contributed by atoms with E-state index in [1.54, 1.807) is 0 Å². The van der Waals surface area contributed by atoms with Crippen molar-refractivity contribution in [2.45, 2.75) is 33.2 Å². The topological polar surface area (TPSA) is 29.3 Å². The SMILES string of the molecule is CC(C)(CCN)CN1CCc2ccccc2C1. The van der Waals surface area contributed by atoms with Gasteiger partial charge in [0, 0.05) is 19.6 Å². The van der Waals surface area contributed by atoms with Crippen LogP contribution in [0.1, 0.15) is 31.4 Å². The second kappa shape index (κ2) is 5.19. The van der Waals surface area contributed by atoms with Crippen molar-refractivity contribution in [3.8, 4) is 0 Å². The lowest BCUT2D eigenvalue weighted by Gasteiger charge is -2.35. The van der Waals surface area contributed by atoms with E-state index in [-0.39, 0.29) is 0 Å². The minimum absolute atomic E-state index is 0.334. The summed E-state index contributed by atoms with van der Waals surface area (Å²) in [6.07, 6.45) is 2.29. The van der Waals surface area contributed by atoms with Crippen LogP contribution in [0.2, 0.25) is 0 Å². The molecule has 2 N–H and O–H groups in total. The Morgan fingerprint density at radius 1 is 1.24 bits per heavy atom. The second-order valence-electron chi connectivity index (χ2n) is 5.93. The van der Waals surface area contributed by atoms with Crippen molar-refractivity contribution in [2.75, 3.05) is 19.6 Å². The van der Waals surface area contributed by atoms with Gasteiger partial charge in [0.25, 0.3) is 0 Å². The number of hydrogen-bond acceptors (Lipinski definition) is 2. The maximum atomic E-state index is 5.68. The molecule has 2 heteroatoms. The van der Waals surface area contributed by atoms with Crippen LogP contribution in [0.25, 0.3) is 0 Å². The molecule has 0 unspecified atom stereocenters. The quantitative estimate of drug-likeness (QED) is 0.864. The monoisotopic (exact) mass is 232 g/mol. The summed E-state index contributed by atoms with van der Waals surface area (Å²) in [4.78, 5) is 2.57. The highest BCUT2D eigenvalue weighted by Gasteiger charge is 2.23. The first kappa shape index (κ1) is 12.6. The van der Waals surface area contributed by atoms with Gasteiger partial charge in [-0.2, -0.15) is 0 Å². The molecule has 0 fully saturated rings. The molecule has 17 heavy (non-hydrogen) atoms. The van der Waals surface area contributed by atoms with Gasteiger partial charge in [-0.3, -0.25) is 4.90 Å². The summed E-state index contributed by atoms with van der Waals surface area (Å²) in [7, 11) is 0. The summed E-state index contributed by atoms with van der Waals surface area (Å²) < 4.78 is 0. The Kier molecular flexibility index (Phi) is 3.85. The van der Waals surface area contributed by atoms with Crippen molar-refractivity contribution >= 4 is 0 Å². The molecule has 0 bridgehead atoms. The van der Waals surface area contributed by atoms with Gasteiger partial charge in [-0.05, 0) is 35.9 Å². The molecule has 0 atom stereocenters. The Bertz CT molecular complexity index is 371. The van der Waals surface area contributed by atoms with Gasteiger partial charge in [0.1, 0.15) is 0 Å². The molecule has 1 aliphatic rings. The van der Waals surface area contributed by atoms with E-state index in [1.807, 2.05) is 0 Å². The van der Waals surface area contributed by atoms with Crippen LogP contribution in [0.5, 0.6) is 0 Å². The lowest BCUT2D eigenvalue weighted by Crippen LogP contribution is -2.38. The number of nitrogens with zero attached hydrogens (tertiary/aromatic N) is 1. The minimum Gasteiger partial charge on any atom is -0.330 e. The summed E-state index contributed by atoms with van der Waals surface area (Å²) in [5.74, 6) is 0. The molecule has 1 heterocycles. The van der Waals surface area contributed by atoms with Crippen molar-refractivity contribution in [3.05, 3.63) is 35.4 Å². The summed E-state index contributed by atoms with van der Waals surface area (Å²) in [5.41, 5.74) is 9.04. The zero-order valence-electron chi connectivity index (χ0n) is 11.1. The van der Waals surface area contributed by atoms with Crippen molar-refractivity contribution < 1.29 is 0 Å². The molecule has 0 amide bonds. The highest BCUT2D eigenvalue weighted by molar-refractivity contribution is 5.29. The van der Waals surface area contributed by atoms with E-state index in [4.69, 9.17) is 5.73 Å². The van der Waals surface area contributed by atoms with Crippen molar-refractivity contribution in [1.29, 1.82) is 0 Å². The standard InChI is InChI=1S/C15H24N2/c1-15(2,8-9-16)12-17-10-7-13-5-3-4-6-14(13)11-17/h3-6H,7-12,16H2,1-2H3. The van der Waals surface area contributed by atoms with E-state index in [9.17, 15) is 0 Å². The number of nitrogens with two attached hydrogens (primary N) is 1. The van der Waals surface area contributed by atoms with E-state index < -0.39 is 0 Å². The Hall–Kier alpha value is -0.860. The van der Waals surface area contributed by atoms with Gasteiger partial charge in [-0.25, -0.2) is 0 Å². The maximum absolute atomic E-state index is 5.68. The molecule has 0 spiro atoms. The normalized spacial score (nSPS) is 16.9. The minimum atomic E-state index is 0.334. The largest absolute Gasteiger partial charge is 0.330 e. The predicted molar refractivity (Wildman–Crippen MR) is 72.9 cm³/mol. The zero-order valence-corrected chi connectivity index (χ0v) is 11.1. The number of fused-ring (bicyclic) bond motifs is 1. The van der Waals surface area contributed by atoms with Gasteiger partial charge < -0.3 is 5.73 Å². The molecule has 0 aromatic heterocycles. The molecule has 94 valence electrons. The molecule has 0 saturated carbocycles. The Balaban J connectivity index is 1.98. The molecular weight excluding hydrogens is 208 g/mol. The Morgan fingerprint density at radius 2 is 1.94 bits per heavy atom. The van der Waals surface area contributed by atoms with E-state index in [0.29, 0.717) is 5.41 Å². The molecule has 1 aromatic rings. The predicted octanol–water partition coefficient (Wildman–Crippen LogP) is 2.42. The van der Waals surface area contributed by atoms with E-state index in [2.05, 4.69) is 43.0 Å². The number of rotatable bonds is 4. The lowest BCUT2D eigenvalue weighted by molar-refractivity contribution is 0.158. The van der Waals surface area contributed by atoms with Crippen LogP contribution in [0, 0.1) is 5.41 Å². The third kappa shape index (κ3) is 3.30. The number of hydrogen-bond donors (Lipinski definition) is 1. The van der Waals surface area contributed by atoms with Crippen LogP contribution in [-0.4, -0.2) is 24.5 Å². The highest BCUT2D eigenvalue weighted by Crippen LogP contribution is 2.25. The highest BCUT2D eigenvalue weighted by atomic mass is 15.1. The third-order valence-corrected chi connectivity index (χ3v) is 3.68. The fourth-order valence-corrected chi connectivity index (χ4v) is 2.76. The molecule has 0 radical (unpaired) electrons. The van der Waals surface area contributed by atoms with Gasteiger partial charge in [0.2, 0.25) is 0 Å². The summed E-state index contributed by atoms with van der Waals surface area (Å²) in [6.45, 7) is 8.87. The van der Waals surface area contributed by atoms with Crippen LogP contribution in [0.15, 0.2) is 24.3 Å². The van der Waals surface area contributed by atoms with Crippen LogP contribution in [0.4, 0.5) is 0 Å². The first-order valence-corrected chi connectivity index (χ1v) is 6.60. The van der Waals surface area contributed by atoms with Crippen LogP contribution in [-0.2, 0) is 13.0 Å². The van der Waals surface area contributed by atoms with Crippen molar-refractivity contribution in [3.63, 3.8) is 0 Å². The molecule has 0 aliphatic carbocycles. The zero-order chi connectivity index (χ0) is 12.3. The average molecular weight is 232 g/mol. The molecule has 1 aromatic carbocycles. The smallest absolute Gasteiger partial charge is 0.0236 e. The van der Waals surface area contributed by atoms with Crippen LogP contribution < -0.4 is 5.73 Å². The van der Waals surface area contributed by atoms with E-state index in [0.717, 1.165) is 26.1 Å². The fourth-order valence-electron chi connectivity index (χ4n) is 2.76. The first-order chi connectivity index (χ1) is 8.11. The Labute approximate surface area is 105 Å². The van der Waals surface area contributed by atoms with Crippen molar-refractivity contribution in [2.24, 2.45) is 11.1 Å². The first-order valence-electron chi connectivity index (χ1n) is 6.60. The number of benzene rings is 1. The van der Waals surface area contributed by atoms with Gasteiger partial charge in [0.05, 0.1) is 0 Å². The van der Waals surface area contributed by atoms with Gasteiger partial charge in [-0.15, -0.1) is 0 Å². The van der Waals surface area contributed by atoms with Crippen LogP contribution >= 0.6 is 0 Å². The summed E-state index contributed by atoms with van der Waals surface area (Å²) in [6, 6.07) is 8.81. The lowest BCUT2D eigenvalue weighted by atomic mass is 9.87. The van der Waals surface area contributed by atoms with Gasteiger partial charge in [0.15, 0.2) is 0 Å².